The number of aromatic nitrogens is 2. The van der Waals surface area contributed by atoms with Gasteiger partial charge < -0.3 is 9.32 Å². The van der Waals surface area contributed by atoms with Crippen molar-refractivity contribution >= 4 is 5.91 Å². The number of nitrogens with zero attached hydrogens (tertiary/aromatic N) is 3. The van der Waals surface area contributed by atoms with E-state index >= 15 is 0 Å². The van der Waals surface area contributed by atoms with Crippen molar-refractivity contribution in [1.29, 1.82) is 0 Å². The zero-order valence-electron chi connectivity index (χ0n) is 18.0. The van der Waals surface area contributed by atoms with Crippen molar-refractivity contribution < 1.29 is 9.21 Å². The van der Waals surface area contributed by atoms with Crippen LogP contribution in [0.5, 0.6) is 0 Å². The zero-order chi connectivity index (χ0) is 21.1. The summed E-state index contributed by atoms with van der Waals surface area (Å²) >= 11 is 0. The van der Waals surface area contributed by atoms with Crippen molar-refractivity contribution in [1.82, 2.24) is 15.1 Å². The average molecular weight is 404 g/mol. The normalized spacial score (nSPS) is 13.6. The van der Waals surface area contributed by atoms with E-state index in [1.807, 2.05) is 36.1 Å². The van der Waals surface area contributed by atoms with Crippen molar-refractivity contribution in [2.24, 2.45) is 0 Å². The topological polar surface area (TPSA) is 59.2 Å². The number of carbonyl (C=O) groups is 1. The molecular weight excluding hydrogens is 374 g/mol. The van der Waals surface area contributed by atoms with E-state index in [0.29, 0.717) is 43.1 Å². The minimum Gasteiger partial charge on any atom is -0.421 e. The second kappa shape index (κ2) is 8.82. The maximum atomic E-state index is 12.9. The Labute approximate surface area is 178 Å². The first-order valence-corrected chi connectivity index (χ1v) is 10.8. The molecule has 2 aromatic carbocycles. The number of benzene rings is 2. The highest BCUT2D eigenvalue weighted by molar-refractivity contribution is 5.77. The summed E-state index contributed by atoms with van der Waals surface area (Å²) in [6.07, 6.45) is 3.03. The summed E-state index contributed by atoms with van der Waals surface area (Å²) in [7, 11) is 0. The number of carbonyl (C=O) groups excluding carboxylic acids is 1. The van der Waals surface area contributed by atoms with Crippen LogP contribution in [0.15, 0.2) is 52.9 Å². The first-order valence-electron chi connectivity index (χ1n) is 10.8. The maximum absolute atomic E-state index is 12.9. The molecule has 4 rings (SSSR count). The molecule has 0 atom stereocenters. The van der Waals surface area contributed by atoms with Gasteiger partial charge in [0, 0.05) is 31.0 Å². The lowest BCUT2D eigenvalue weighted by Gasteiger charge is -2.22. The molecule has 0 radical (unpaired) electrons. The van der Waals surface area contributed by atoms with Gasteiger partial charge in [-0.1, -0.05) is 55.8 Å². The molecule has 0 unspecified atom stereocenters. The molecule has 1 amide bonds. The van der Waals surface area contributed by atoms with Gasteiger partial charge in [0.05, 0.1) is 0 Å². The van der Waals surface area contributed by atoms with Crippen LogP contribution in [0.4, 0.5) is 0 Å². The van der Waals surface area contributed by atoms with E-state index < -0.39 is 0 Å². The number of rotatable bonds is 8. The number of aryl methyl sites for hydroxylation is 2. The minimum atomic E-state index is 0.153. The van der Waals surface area contributed by atoms with E-state index in [9.17, 15) is 4.79 Å². The van der Waals surface area contributed by atoms with Crippen LogP contribution in [0.2, 0.25) is 0 Å². The fourth-order valence-electron chi connectivity index (χ4n) is 3.54. The standard InChI is InChI=1S/C25H29N3O2/c1-17(2)20-10-6-19(7-11-20)16-28(22-12-13-22)24(29)15-14-23-26-27-25(30-23)21-8-4-18(3)5-9-21/h4-11,17,22H,12-16H2,1-3H3. The van der Waals surface area contributed by atoms with E-state index in [1.54, 1.807) is 0 Å². The third kappa shape index (κ3) is 4.96. The van der Waals surface area contributed by atoms with Crippen LogP contribution in [0.1, 0.15) is 61.6 Å². The van der Waals surface area contributed by atoms with E-state index in [1.165, 1.54) is 16.7 Å². The minimum absolute atomic E-state index is 0.153. The molecule has 156 valence electrons. The molecule has 30 heavy (non-hydrogen) atoms. The molecule has 1 aliphatic rings. The quantitative estimate of drug-likeness (QED) is 0.513. The van der Waals surface area contributed by atoms with Gasteiger partial charge in [0.2, 0.25) is 17.7 Å². The summed E-state index contributed by atoms with van der Waals surface area (Å²) in [6, 6.07) is 17.0. The maximum Gasteiger partial charge on any atom is 0.247 e. The van der Waals surface area contributed by atoms with Crippen LogP contribution >= 0.6 is 0 Å². The van der Waals surface area contributed by atoms with Crippen molar-refractivity contribution in [2.45, 2.75) is 65.0 Å². The molecule has 1 fully saturated rings. The van der Waals surface area contributed by atoms with Gasteiger partial charge in [0.1, 0.15) is 0 Å². The Balaban J connectivity index is 1.36. The lowest BCUT2D eigenvalue weighted by atomic mass is 10.0. The third-order valence-corrected chi connectivity index (χ3v) is 5.63. The Kier molecular flexibility index (Phi) is 5.98. The number of hydrogen-bond acceptors (Lipinski definition) is 4. The van der Waals surface area contributed by atoms with Crippen molar-refractivity contribution in [3.05, 3.63) is 71.1 Å². The van der Waals surface area contributed by atoms with Crippen LogP contribution in [-0.4, -0.2) is 27.0 Å². The second-order valence-corrected chi connectivity index (χ2v) is 8.52. The van der Waals surface area contributed by atoms with Crippen LogP contribution in [0.25, 0.3) is 11.5 Å². The van der Waals surface area contributed by atoms with Gasteiger partial charge >= 0.3 is 0 Å². The predicted octanol–water partition coefficient (Wildman–Crippen LogP) is 5.29. The van der Waals surface area contributed by atoms with Crippen LogP contribution in [-0.2, 0) is 17.8 Å². The van der Waals surface area contributed by atoms with E-state index in [0.717, 1.165) is 18.4 Å². The average Bonchev–Trinajstić information content (AvgIpc) is 3.48. The Morgan fingerprint density at radius 2 is 1.77 bits per heavy atom. The Morgan fingerprint density at radius 1 is 1.07 bits per heavy atom. The van der Waals surface area contributed by atoms with Gasteiger partial charge in [-0.25, -0.2) is 0 Å². The molecule has 0 aliphatic heterocycles. The van der Waals surface area contributed by atoms with Gasteiger partial charge in [-0.05, 0) is 48.9 Å². The lowest BCUT2D eigenvalue weighted by Crippen LogP contribution is -2.32. The number of hydrogen-bond donors (Lipinski definition) is 0. The van der Waals surface area contributed by atoms with Gasteiger partial charge in [-0.2, -0.15) is 0 Å². The van der Waals surface area contributed by atoms with Crippen LogP contribution < -0.4 is 0 Å². The summed E-state index contributed by atoms with van der Waals surface area (Å²) in [5, 5.41) is 8.26. The molecular formula is C25H29N3O2. The molecule has 1 saturated carbocycles. The molecule has 5 heteroatoms. The lowest BCUT2D eigenvalue weighted by molar-refractivity contribution is -0.132. The second-order valence-electron chi connectivity index (χ2n) is 8.52. The fourth-order valence-corrected chi connectivity index (χ4v) is 3.54. The molecule has 1 heterocycles. The number of amides is 1. The van der Waals surface area contributed by atoms with Crippen LogP contribution in [0, 0.1) is 6.92 Å². The summed E-state index contributed by atoms with van der Waals surface area (Å²) in [4.78, 5) is 14.9. The van der Waals surface area contributed by atoms with Crippen LogP contribution in [0.3, 0.4) is 0 Å². The zero-order valence-corrected chi connectivity index (χ0v) is 18.0. The van der Waals surface area contributed by atoms with E-state index in [4.69, 9.17) is 4.42 Å². The highest BCUT2D eigenvalue weighted by Gasteiger charge is 2.32. The van der Waals surface area contributed by atoms with Gasteiger partial charge in [-0.15, -0.1) is 10.2 Å². The monoisotopic (exact) mass is 403 g/mol. The summed E-state index contributed by atoms with van der Waals surface area (Å²) < 4.78 is 5.78. The van der Waals surface area contributed by atoms with Crippen molar-refractivity contribution in [3.8, 4) is 11.5 Å². The SMILES string of the molecule is Cc1ccc(-c2nnc(CCC(=O)N(Cc3ccc(C(C)C)cc3)C3CC3)o2)cc1. The Bertz CT molecular complexity index is 986. The first kappa shape index (κ1) is 20.3. The van der Waals surface area contributed by atoms with Crippen molar-refractivity contribution in [3.63, 3.8) is 0 Å². The fraction of sp³-hybridized carbons (Fsp3) is 0.400. The van der Waals surface area contributed by atoms with Gasteiger partial charge in [0.15, 0.2) is 0 Å². The highest BCUT2D eigenvalue weighted by Crippen LogP contribution is 2.29. The summed E-state index contributed by atoms with van der Waals surface area (Å²) in [5.41, 5.74) is 4.58. The largest absolute Gasteiger partial charge is 0.421 e. The van der Waals surface area contributed by atoms with Crippen molar-refractivity contribution in [2.75, 3.05) is 0 Å². The molecule has 1 aromatic heterocycles. The highest BCUT2D eigenvalue weighted by atomic mass is 16.4. The summed E-state index contributed by atoms with van der Waals surface area (Å²) in [5.74, 6) is 1.68. The molecule has 3 aromatic rings. The molecule has 0 N–H and O–H groups in total. The Hall–Kier alpha value is -2.95. The predicted molar refractivity (Wildman–Crippen MR) is 117 cm³/mol. The van der Waals surface area contributed by atoms with E-state index in [-0.39, 0.29) is 5.91 Å². The first-order chi connectivity index (χ1) is 14.5. The van der Waals surface area contributed by atoms with E-state index in [2.05, 4.69) is 48.3 Å². The Morgan fingerprint density at radius 3 is 2.40 bits per heavy atom. The van der Waals surface area contributed by atoms with Gasteiger partial charge in [-0.3, -0.25) is 4.79 Å². The van der Waals surface area contributed by atoms with Gasteiger partial charge in [0.25, 0.3) is 0 Å². The summed E-state index contributed by atoms with van der Waals surface area (Å²) in [6.45, 7) is 7.09. The molecule has 5 nitrogen and oxygen atoms in total. The smallest absolute Gasteiger partial charge is 0.247 e. The molecule has 1 aliphatic carbocycles. The molecule has 0 saturated heterocycles. The molecule has 0 bridgehead atoms. The molecule has 0 spiro atoms. The third-order valence-electron chi connectivity index (χ3n) is 5.63.